The lowest BCUT2D eigenvalue weighted by Crippen LogP contribution is -2.42. The Morgan fingerprint density at radius 3 is 2.90 bits per heavy atom. The largest absolute Gasteiger partial charge is 0.367 e. The second kappa shape index (κ2) is 6.83. The fourth-order valence-electron chi connectivity index (χ4n) is 2.94. The van der Waals surface area contributed by atoms with Crippen LogP contribution in [0.4, 0.5) is 0 Å². The highest BCUT2D eigenvalue weighted by Crippen LogP contribution is 2.29. The van der Waals surface area contributed by atoms with Crippen LogP contribution in [0, 0.1) is 0 Å². The molecule has 7 heteroatoms. The lowest BCUT2D eigenvalue weighted by atomic mass is 10.2. The van der Waals surface area contributed by atoms with E-state index in [1.165, 1.54) is 12.8 Å². The van der Waals surface area contributed by atoms with E-state index in [0.717, 1.165) is 19.7 Å². The molecule has 118 valence electrons. The standard InChI is InChI=1S/C14H23N3O4/c1-3-18-14(19-4-2)13-15-12(16-21-13)11-8-17-7-5-6-10(17)9-20-11/h10-11,14H,3-9H2,1-2H3. The van der Waals surface area contributed by atoms with Gasteiger partial charge in [-0.1, -0.05) is 5.16 Å². The van der Waals surface area contributed by atoms with Gasteiger partial charge in [0.25, 0.3) is 5.89 Å². The molecule has 0 radical (unpaired) electrons. The third-order valence-corrected chi connectivity index (χ3v) is 3.97. The molecule has 0 bridgehead atoms. The number of morpholine rings is 1. The van der Waals surface area contributed by atoms with E-state index in [9.17, 15) is 0 Å². The fourth-order valence-corrected chi connectivity index (χ4v) is 2.94. The Hall–Kier alpha value is -1.02. The van der Waals surface area contributed by atoms with Gasteiger partial charge < -0.3 is 18.7 Å². The normalized spacial score (nSPS) is 26.4. The van der Waals surface area contributed by atoms with E-state index < -0.39 is 6.29 Å². The van der Waals surface area contributed by atoms with Crippen LogP contribution in [0.3, 0.4) is 0 Å². The molecular formula is C14H23N3O4. The maximum absolute atomic E-state index is 5.88. The van der Waals surface area contributed by atoms with E-state index in [1.807, 2.05) is 13.8 Å². The van der Waals surface area contributed by atoms with Crippen molar-refractivity contribution < 1.29 is 18.7 Å². The van der Waals surface area contributed by atoms with Crippen molar-refractivity contribution in [3.05, 3.63) is 11.7 Å². The first kappa shape index (κ1) is 14.9. The molecule has 3 rings (SSSR count). The number of hydrogen-bond donors (Lipinski definition) is 0. The Labute approximate surface area is 124 Å². The minimum Gasteiger partial charge on any atom is -0.367 e. The van der Waals surface area contributed by atoms with Crippen molar-refractivity contribution in [2.24, 2.45) is 0 Å². The second-order valence-electron chi connectivity index (χ2n) is 5.35. The van der Waals surface area contributed by atoms with Gasteiger partial charge in [-0.3, -0.25) is 4.90 Å². The summed E-state index contributed by atoms with van der Waals surface area (Å²) in [6.07, 6.45) is 1.75. The van der Waals surface area contributed by atoms with Gasteiger partial charge in [0.2, 0.25) is 12.1 Å². The van der Waals surface area contributed by atoms with Crippen LogP contribution in [0.25, 0.3) is 0 Å². The first-order valence-electron chi connectivity index (χ1n) is 7.74. The third-order valence-electron chi connectivity index (χ3n) is 3.97. The highest BCUT2D eigenvalue weighted by Gasteiger charge is 2.35. The summed E-state index contributed by atoms with van der Waals surface area (Å²) in [5.74, 6) is 0.945. The summed E-state index contributed by atoms with van der Waals surface area (Å²) in [5.41, 5.74) is 0. The summed E-state index contributed by atoms with van der Waals surface area (Å²) in [6, 6.07) is 0.562. The van der Waals surface area contributed by atoms with Crippen LogP contribution in [0.2, 0.25) is 0 Å². The molecule has 0 saturated carbocycles. The average molecular weight is 297 g/mol. The van der Waals surface area contributed by atoms with Gasteiger partial charge in [-0.25, -0.2) is 0 Å². The summed E-state index contributed by atoms with van der Waals surface area (Å²) in [7, 11) is 0. The molecule has 21 heavy (non-hydrogen) atoms. The van der Waals surface area contributed by atoms with Crippen molar-refractivity contribution in [2.75, 3.05) is 32.9 Å². The van der Waals surface area contributed by atoms with Gasteiger partial charge in [-0.15, -0.1) is 0 Å². The Morgan fingerprint density at radius 2 is 2.14 bits per heavy atom. The molecule has 2 saturated heterocycles. The van der Waals surface area contributed by atoms with Crippen LogP contribution < -0.4 is 0 Å². The lowest BCUT2D eigenvalue weighted by Gasteiger charge is -2.33. The Balaban J connectivity index is 1.66. The summed E-state index contributed by atoms with van der Waals surface area (Å²) in [6.45, 7) is 7.57. The van der Waals surface area contributed by atoms with Crippen LogP contribution in [-0.2, 0) is 14.2 Å². The molecule has 3 heterocycles. The topological polar surface area (TPSA) is 69.9 Å². The number of nitrogens with zero attached hydrogens (tertiary/aromatic N) is 3. The second-order valence-corrected chi connectivity index (χ2v) is 5.35. The number of fused-ring (bicyclic) bond motifs is 1. The van der Waals surface area contributed by atoms with Crippen molar-refractivity contribution in [1.82, 2.24) is 15.0 Å². The Morgan fingerprint density at radius 1 is 1.33 bits per heavy atom. The fraction of sp³-hybridized carbons (Fsp3) is 0.857. The zero-order valence-electron chi connectivity index (χ0n) is 12.7. The van der Waals surface area contributed by atoms with Gasteiger partial charge in [-0.2, -0.15) is 4.98 Å². The van der Waals surface area contributed by atoms with Crippen molar-refractivity contribution in [2.45, 2.75) is 45.1 Å². The smallest absolute Gasteiger partial charge is 0.283 e. The zero-order chi connectivity index (χ0) is 14.7. The van der Waals surface area contributed by atoms with Crippen molar-refractivity contribution >= 4 is 0 Å². The predicted octanol–water partition coefficient (Wildman–Crippen LogP) is 1.68. The Kier molecular flexibility index (Phi) is 4.84. The molecule has 0 spiro atoms. The van der Waals surface area contributed by atoms with E-state index in [-0.39, 0.29) is 6.10 Å². The molecule has 1 aromatic heterocycles. The first-order valence-corrected chi connectivity index (χ1v) is 7.74. The van der Waals surface area contributed by atoms with Gasteiger partial charge in [0, 0.05) is 25.8 Å². The SMILES string of the molecule is CCOC(OCC)c1nc(C2CN3CCCC3CO2)no1. The maximum Gasteiger partial charge on any atom is 0.283 e. The predicted molar refractivity (Wildman–Crippen MR) is 73.6 cm³/mol. The van der Waals surface area contributed by atoms with Crippen molar-refractivity contribution in [1.29, 1.82) is 0 Å². The minimum atomic E-state index is -0.593. The van der Waals surface area contributed by atoms with Gasteiger partial charge in [0.15, 0.2) is 0 Å². The molecular weight excluding hydrogens is 274 g/mol. The van der Waals surface area contributed by atoms with Crippen LogP contribution in [-0.4, -0.2) is 54.0 Å². The molecule has 0 aromatic carbocycles. The van der Waals surface area contributed by atoms with Crippen LogP contribution in [0.5, 0.6) is 0 Å². The monoisotopic (exact) mass is 297 g/mol. The summed E-state index contributed by atoms with van der Waals surface area (Å²) >= 11 is 0. The molecule has 0 amide bonds. The van der Waals surface area contributed by atoms with Gasteiger partial charge >= 0.3 is 0 Å². The number of hydrogen-bond acceptors (Lipinski definition) is 7. The van der Waals surface area contributed by atoms with Gasteiger partial charge in [0.05, 0.1) is 6.61 Å². The van der Waals surface area contributed by atoms with Crippen LogP contribution in [0.15, 0.2) is 4.52 Å². The van der Waals surface area contributed by atoms with E-state index in [1.54, 1.807) is 0 Å². The lowest BCUT2D eigenvalue weighted by molar-refractivity contribution is -0.155. The Bertz CT molecular complexity index is 447. The number of aromatic nitrogens is 2. The first-order chi connectivity index (χ1) is 10.3. The highest BCUT2D eigenvalue weighted by atomic mass is 16.7. The van der Waals surface area contributed by atoms with Crippen LogP contribution >= 0.6 is 0 Å². The van der Waals surface area contributed by atoms with E-state index in [4.69, 9.17) is 18.7 Å². The van der Waals surface area contributed by atoms with Crippen molar-refractivity contribution in [3.63, 3.8) is 0 Å². The van der Waals surface area contributed by atoms with Crippen LogP contribution in [0.1, 0.15) is 50.8 Å². The molecule has 0 aliphatic carbocycles. The minimum absolute atomic E-state index is 0.124. The quantitative estimate of drug-likeness (QED) is 0.740. The maximum atomic E-state index is 5.88. The summed E-state index contributed by atoms with van der Waals surface area (Å²) in [4.78, 5) is 6.86. The van der Waals surface area contributed by atoms with Gasteiger partial charge in [0.1, 0.15) is 6.10 Å². The molecule has 2 aliphatic rings. The molecule has 0 N–H and O–H groups in total. The number of rotatable bonds is 6. The summed E-state index contributed by atoms with van der Waals surface area (Å²) < 4.78 is 22.1. The molecule has 7 nitrogen and oxygen atoms in total. The van der Waals surface area contributed by atoms with Gasteiger partial charge in [-0.05, 0) is 33.2 Å². The molecule has 2 aliphatic heterocycles. The molecule has 1 aromatic rings. The molecule has 2 fully saturated rings. The highest BCUT2D eigenvalue weighted by molar-refractivity contribution is 4.97. The van der Waals surface area contributed by atoms with E-state index in [0.29, 0.717) is 31.0 Å². The van der Waals surface area contributed by atoms with E-state index in [2.05, 4.69) is 15.0 Å². The van der Waals surface area contributed by atoms with Crippen molar-refractivity contribution in [3.8, 4) is 0 Å². The number of ether oxygens (including phenoxy) is 3. The molecule has 2 atom stereocenters. The molecule has 2 unspecified atom stereocenters. The third kappa shape index (κ3) is 3.26. The summed E-state index contributed by atoms with van der Waals surface area (Å²) in [5, 5.41) is 4.04. The van der Waals surface area contributed by atoms with E-state index >= 15 is 0 Å². The average Bonchev–Trinajstić information content (AvgIpc) is 3.15. The zero-order valence-corrected chi connectivity index (χ0v) is 12.7.